The maximum atomic E-state index is 14.4. The second-order valence-electron chi connectivity index (χ2n) is 7.83. The molecular formula is C25H27FN6O3. The van der Waals surface area contributed by atoms with E-state index in [0.29, 0.717) is 59.7 Å². The molecule has 2 heterocycles. The van der Waals surface area contributed by atoms with E-state index in [4.69, 9.17) is 14.5 Å². The van der Waals surface area contributed by atoms with Gasteiger partial charge in [0.25, 0.3) is 0 Å². The minimum Gasteiger partial charge on any atom is -0.493 e. The van der Waals surface area contributed by atoms with Crippen LogP contribution in [-0.4, -0.2) is 57.1 Å². The average molecular weight is 479 g/mol. The normalized spacial score (nSPS) is 10.9. The first kappa shape index (κ1) is 23.9. The van der Waals surface area contributed by atoms with Gasteiger partial charge in [0.2, 0.25) is 11.8 Å². The van der Waals surface area contributed by atoms with Crippen molar-refractivity contribution in [3.05, 3.63) is 65.7 Å². The number of ether oxygens (including phenoxy) is 2. The van der Waals surface area contributed by atoms with Gasteiger partial charge in [-0.3, -0.25) is 0 Å². The first-order valence-electron chi connectivity index (χ1n) is 11.1. The summed E-state index contributed by atoms with van der Waals surface area (Å²) in [5.74, 6) is 1.97. The summed E-state index contributed by atoms with van der Waals surface area (Å²) >= 11 is 0. The van der Waals surface area contributed by atoms with Gasteiger partial charge in [-0.25, -0.2) is 14.4 Å². The first-order chi connectivity index (χ1) is 16.9. The number of aromatic hydroxyl groups is 1. The predicted molar refractivity (Wildman–Crippen MR) is 130 cm³/mol. The molecule has 2 aromatic heterocycles. The van der Waals surface area contributed by atoms with Gasteiger partial charge in [-0.15, -0.1) is 5.10 Å². The number of hydrogen-bond acceptors (Lipinski definition) is 8. The third kappa shape index (κ3) is 5.01. The van der Waals surface area contributed by atoms with Crippen molar-refractivity contribution in [2.75, 3.05) is 32.2 Å². The zero-order valence-corrected chi connectivity index (χ0v) is 20.1. The van der Waals surface area contributed by atoms with E-state index in [2.05, 4.69) is 15.1 Å². The Balaban J connectivity index is 1.71. The number of methoxy groups -OCH3 is 2. The number of benzene rings is 2. The molecule has 0 spiro atoms. The van der Waals surface area contributed by atoms with Crippen molar-refractivity contribution in [3.8, 4) is 34.6 Å². The van der Waals surface area contributed by atoms with Crippen LogP contribution in [0.4, 0.5) is 10.3 Å². The molecule has 2 aromatic carbocycles. The molecule has 0 bridgehead atoms. The fraction of sp³-hybridized carbons (Fsp3) is 0.280. The highest BCUT2D eigenvalue weighted by Gasteiger charge is 2.20. The van der Waals surface area contributed by atoms with Crippen LogP contribution in [-0.2, 0) is 6.42 Å². The highest BCUT2D eigenvalue weighted by Crippen LogP contribution is 2.31. The molecule has 0 aliphatic heterocycles. The van der Waals surface area contributed by atoms with Crippen LogP contribution in [0.2, 0.25) is 0 Å². The SMILES string of the molecule is CCN(CCc1cccc(OC)c1OC)c1nc(-c2ccc(C)c(F)c2)n(-c2cc(O)ncn2)n1. The van der Waals surface area contributed by atoms with E-state index in [-0.39, 0.29) is 11.7 Å². The van der Waals surface area contributed by atoms with Crippen molar-refractivity contribution in [3.63, 3.8) is 0 Å². The molecule has 0 saturated heterocycles. The van der Waals surface area contributed by atoms with Gasteiger partial charge in [0.1, 0.15) is 12.1 Å². The first-order valence-corrected chi connectivity index (χ1v) is 11.1. The summed E-state index contributed by atoms with van der Waals surface area (Å²) in [6.07, 6.45) is 1.89. The van der Waals surface area contributed by atoms with Gasteiger partial charge >= 0.3 is 0 Å². The van der Waals surface area contributed by atoms with Crippen molar-refractivity contribution in [2.45, 2.75) is 20.3 Å². The second-order valence-corrected chi connectivity index (χ2v) is 7.83. The van der Waals surface area contributed by atoms with Gasteiger partial charge < -0.3 is 19.5 Å². The van der Waals surface area contributed by atoms with Crippen LogP contribution < -0.4 is 14.4 Å². The summed E-state index contributed by atoms with van der Waals surface area (Å²) in [5, 5.41) is 14.5. The van der Waals surface area contributed by atoms with E-state index in [1.54, 1.807) is 33.3 Å². The lowest BCUT2D eigenvalue weighted by molar-refractivity contribution is 0.351. The van der Waals surface area contributed by atoms with E-state index in [1.165, 1.54) is 23.1 Å². The zero-order chi connectivity index (χ0) is 24.9. The summed E-state index contributed by atoms with van der Waals surface area (Å²) in [6.45, 7) is 4.93. The lowest BCUT2D eigenvalue weighted by Crippen LogP contribution is -2.26. The number of halogens is 1. The molecule has 0 amide bonds. The third-order valence-corrected chi connectivity index (χ3v) is 5.68. The number of anilines is 1. The Morgan fingerprint density at radius 2 is 1.91 bits per heavy atom. The van der Waals surface area contributed by atoms with Crippen LogP contribution in [0.3, 0.4) is 0 Å². The van der Waals surface area contributed by atoms with Crippen LogP contribution >= 0.6 is 0 Å². The van der Waals surface area contributed by atoms with E-state index >= 15 is 0 Å². The monoisotopic (exact) mass is 478 g/mol. The molecule has 0 saturated carbocycles. The highest BCUT2D eigenvalue weighted by molar-refractivity contribution is 5.60. The van der Waals surface area contributed by atoms with Crippen molar-refractivity contribution in [1.82, 2.24) is 24.7 Å². The minimum atomic E-state index is -0.346. The molecule has 4 aromatic rings. The fourth-order valence-corrected chi connectivity index (χ4v) is 3.77. The topological polar surface area (TPSA) is 98.4 Å². The smallest absolute Gasteiger partial charge is 0.245 e. The second kappa shape index (κ2) is 10.4. The Morgan fingerprint density at radius 1 is 1.09 bits per heavy atom. The Hall–Kier alpha value is -4.21. The van der Waals surface area contributed by atoms with Gasteiger partial charge in [0.05, 0.1) is 14.2 Å². The van der Waals surface area contributed by atoms with Crippen LogP contribution in [0.15, 0.2) is 48.8 Å². The molecule has 0 aliphatic carbocycles. The number of para-hydroxylation sites is 1. The lowest BCUT2D eigenvalue weighted by atomic mass is 10.1. The molecule has 0 unspecified atom stereocenters. The van der Waals surface area contributed by atoms with Crippen LogP contribution in [0, 0.1) is 12.7 Å². The Labute approximate surface area is 202 Å². The molecule has 0 radical (unpaired) electrons. The van der Waals surface area contributed by atoms with Crippen molar-refractivity contribution in [1.29, 1.82) is 0 Å². The summed E-state index contributed by atoms with van der Waals surface area (Å²) in [5.41, 5.74) is 2.06. The standard InChI is InChI=1S/C25H27FN6O3/c1-5-31(12-11-17-7-6-8-20(34-3)23(17)35-4)25-29-24(18-10-9-16(2)19(26)13-18)32(30-25)21-14-22(33)28-15-27-21/h6-10,13-15H,5,11-12H2,1-4H3,(H,27,28,33). The van der Waals surface area contributed by atoms with Gasteiger partial charge in [0.15, 0.2) is 23.1 Å². The minimum absolute atomic E-state index is 0.203. The number of rotatable bonds is 9. The molecule has 9 nitrogen and oxygen atoms in total. The maximum absolute atomic E-state index is 14.4. The Kier molecular flexibility index (Phi) is 7.09. The number of hydrogen-bond donors (Lipinski definition) is 1. The van der Waals surface area contributed by atoms with E-state index < -0.39 is 0 Å². The predicted octanol–water partition coefficient (Wildman–Crippen LogP) is 3.96. The van der Waals surface area contributed by atoms with Crippen molar-refractivity contribution in [2.24, 2.45) is 0 Å². The highest BCUT2D eigenvalue weighted by atomic mass is 19.1. The van der Waals surface area contributed by atoms with Crippen LogP contribution in [0.1, 0.15) is 18.1 Å². The molecular weight excluding hydrogens is 451 g/mol. The fourth-order valence-electron chi connectivity index (χ4n) is 3.77. The van der Waals surface area contributed by atoms with Gasteiger partial charge in [0, 0.05) is 24.7 Å². The average Bonchev–Trinajstić information content (AvgIpc) is 3.31. The van der Waals surface area contributed by atoms with E-state index in [9.17, 15) is 9.50 Å². The van der Waals surface area contributed by atoms with Crippen molar-refractivity contribution >= 4 is 5.95 Å². The van der Waals surface area contributed by atoms with E-state index in [0.717, 1.165) is 5.56 Å². The number of likely N-dealkylation sites (N-methyl/N-ethyl adjacent to an activating group) is 1. The van der Waals surface area contributed by atoms with Crippen LogP contribution in [0.5, 0.6) is 17.4 Å². The summed E-state index contributed by atoms with van der Waals surface area (Å²) in [6, 6.07) is 12.0. The Bertz CT molecular complexity index is 1330. The summed E-state index contributed by atoms with van der Waals surface area (Å²) < 4.78 is 26.8. The lowest BCUT2D eigenvalue weighted by Gasteiger charge is -2.20. The van der Waals surface area contributed by atoms with Crippen LogP contribution in [0.25, 0.3) is 17.2 Å². The molecule has 10 heteroatoms. The third-order valence-electron chi connectivity index (χ3n) is 5.68. The number of aryl methyl sites for hydroxylation is 1. The molecule has 1 N–H and O–H groups in total. The molecule has 35 heavy (non-hydrogen) atoms. The van der Waals surface area contributed by atoms with Gasteiger partial charge in [-0.05, 0) is 43.5 Å². The summed E-state index contributed by atoms with van der Waals surface area (Å²) in [7, 11) is 3.23. The number of nitrogens with zero attached hydrogens (tertiary/aromatic N) is 6. The Morgan fingerprint density at radius 3 is 2.60 bits per heavy atom. The molecule has 0 aliphatic rings. The van der Waals surface area contributed by atoms with Gasteiger partial charge in [-0.2, -0.15) is 9.67 Å². The number of aromatic nitrogens is 5. The van der Waals surface area contributed by atoms with Crippen molar-refractivity contribution < 1.29 is 19.0 Å². The zero-order valence-electron chi connectivity index (χ0n) is 20.1. The summed E-state index contributed by atoms with van der Waals surface area (Å²) in [4.78, 5) is 14.7. The largest absolute Gasteiger partial charge is 0.493 e. The molecule has 0 atom stereocenters. The molecule has 0 fully saturated rings. The quantitative estimate of drug-likeness (QED) is 0.386. The molecule has 182 valence electrons. The van der Waals surface area contributed by atoms with E-state index in [1.807, 2.05) is 30.0 Å². The van der Waals surface area contributed by atoms with Gasteiger partial charge in [-0.1, -0.05) is 24.3 Å². The maximum Gasteiger partial charge on any atom is 0.245 e. The molecule has 4 rings (SSSR count).